The fourth-order valence-corrected chi connectivity index (χ4v) is 5.70. The van der Waals surface area contributed by atoms with E-state index in [4.69, 9.17) is 14.7 Å². The first-order chi connectivity index (χ1) is 16.9. The Bertz CT molecular complexity index is 1080. The first-order valence-electron chi connectivity index (χ1n) is 11.8. The van der Waals surface area contributed by atoms with Crippen LogP contribution in [0.1, 0.15) is 11.1 Å². The SMILES string of the molecule is N#Cc1ccc(OC[C@@H](O)CN2CC3CN(CCNS(=O)(=O)Cc4ccccc4)CC(C2)O3)cc1. The molecule has 2 aromatic rings. The summed E-state index contributed by atoms with van der Waals surface area (Å²) in [7, 11) is -3.38. The van der Waals surface area contributed by atoms with Crippen molar-refractivity contribution in [3.8, 4) is 11.8 Å². The van der Waals surface area contributed by atoms with Gasteiger partial charge in [0.05, 0.1) is 29.6 Å². The van der Waals surface area contributed by atoms with Crippen LogP contribution >= 0.6 is 0 Å². The number of hydrogen-bond acceptors (Lipinski definition) is 8. The molecule has 2 bridgehead atoms. The Morgan fingerprint density at radius 1 is 1.06 bits per heavy atom. The molecule has 2 aliphatic heterocycles. The van der Waals surface area contributed by atoms with Crippen LogP contribution < -0.4 is 9.46 Å². The van der Waals surface area contributed by atoms with E-state index in [1.807, 2.05) is 30.3 Å². The molecule has 0 saturated carbocycles. The van der Waals surface area contributed by atoms with Gasteiger partial charge in [0, 0.05) is 45.8 Å². The molecule has 0 spiro atoms. The Labute approximate surface area is 206 Å². The molecule has 188 valence electrons. The van der Waals surface area contributed by atoms with Gasteiger partial charge in [-0.15, -0.1) is 0 Å². The summed E-state index contributed by atoms with van der Waals surface area (Å²) in [5, 5.41) is 19.3. The Balaban J connectivity index is 1.16. The Hall–Kier alpha value is -2.52. The van der Waals surface area contributed by atoms with Crippen LogP contribution in [0.25, 0.3) is 0 Å². The number of benzene rings is 2. The number of hydrogen-bond donors (Lipinski definition) is 2. The second-order valence-corrected chi connectivity index (χ2v) is 10.9. The van der Waals surface area contributed by atoms with E-state index < -0.39 is 16.1 Å². The van der Waals surface area contributed by atoms with Crippen LogP contribution in [0.3, 0.4) is 0 Å². The number of sulfonamides is 1. The molecule has 3 atom stereocenters. The van der Waals surface area contributed by atoms with Gasteiger partial charge in [-0.1, -0.05) is 30.3 Å². The molecule has 4 rings (SSSR count). The van der Waals surface area contributed by atoms with Crippen LogP contribution in [-0.2, 0) is 20.5 Å². The molecule has 2 saturated heterocycles. The zero-order valence-corrected chi connectivity index (χ0v) is 20.4. The lowest BCUT2D eigenvalue weighted by Gasteiger charge is -2.46. The molecule has 2 aliphatic rings. The van der Waals surface area contributed by atoms with Gasteiger partial charge in [0.2, 0.25) is 10.0 Å². The minimum absolute atomic E-state index is 0.0195. The van der Waals surface area contributed by atoms with Crippen molar-refractivity contribution in [3.05, 3.63) is 65.7 Å². The molecule has 2 N–H and O–H groups in total. The van der Waals surface area contributed by atoms with Crippen LogP contribution in [0, 0.1) is 11.3 Å². The minimum Gasteiger partial charge on any atom is -0.491 e. The molecule has 2 aromatic carbocycles. The summed E-state index contributed by atoms with van der Waals surface area (Å²) >= 11 is 0. The average molecular weight is 501 g/mol. The molecular formula is C25H32N4O5S. The van der Waals surface area contributed by atoms with Gasteiger partial charge in [-0.05, 0) is 29.8 Å². The van der Waals surface area contributed by atoms with Gasteiger partial charge >= 0.3 is 0 Å². The third-order valence-electron chi connectivity index (χ3n) is 6.08. The van der Waals surface area contributed by atoms with E-state index in [-0.39, 0.29) is 24.6 Å². The topological polar surface area (TPSA) is 115 Å². The highest BCUT2D eigenvalue weighted by atomic mass is 32.2. The third-order valence-corrected chi connectivity index (χ3v) is 7.43. The van der Waals surface area contributed by atoms with E-state index in [0.717, 1.165) is 18.7 Å². The fraction of sp³-hybridized carbons (Fsp3) is 0.480. The predicted molar refractivity (Wildman–Crippen MR) is 131 cm³/mol. The van der Waals surface area contributed by atoms with E-state index in [0.29, 0.717) is 44.0 Å². The number of morpholine rings is 2. The molecule has 0 aromatic heterocycles. The second-order valence-electron chi connectivity index (χ2n) is 9.10. The number of rotatable bonds is 11. The van der Waals surface area contributed by atoms with Gasteiger partial charge in [-0.3, -0.25) is 9.80 Å². The highest BCUT2D eigenvalue weighted by Crippen LogP contribution is 2.19. The minimum atomic E-state index is -3.38. The highest BCUT2D eigenvalue weighted by Gasteiger charge is 2.35. The largest absolute Gasteiger partial charge is 0.491 e. The summed E-state index contributed by atoms with van der Waals surface area (Å²) in [5.74, 6) is 0.603. The molecule has 0 amide bonds. The summed E-state index contributed by atoms with van der Waals surface area (Å²) in [4.78, 5) is 4.44. The molecule has 2 heterocycles. The standard InChI is InChI=1S/C25H32N4O5S/c26-12-20-6-8-23(9-7-20)33-18-22(30)13-29-16-24-14-28(15-25(17-29)34-24)11-10-27-35(31,32)19-21-4-2-1-3-5-21/h1-9,22,24-25,27,30H,10-11,13-19H2/t22-,24?,25?/m0/s1. The lowest BCUT2D eigenvalue weighted by atomic mass is 10.1. The van der Waals surface area contributed by atoms with E-state index in [1.165, 1.54) is 0 Å². The lowest BCUT2D eigenvalue weighted by Crippen LogP contribution is -2.61. The van der Waals surface area contributed by atoms with Crippen LogP contribution in [0.5, 0.6) is 5.75 Å². The summed E-state index contributed by atoms with van der Waals surface area (Å²) in [6.45, 7) is 4.53. The first kappa shape index (κ1) is 25.6. The maximum atomic E-state index is 12.3. The zero-order chi connectivity index (χ0) is 24.7. The predicted octanol–water partition coefficient (Wildman–Crippen LogP) is 0.803. The zero-order valence-electron chi connectivity index (χ0n) is 19.6. The smallest absolute Gasteiger partial charge is 0.215 e. The van der Waals surface area contributed by atoms with Crippen molar-refractivity contribution in [2.45, 2.75) is 24.1 Å². The molecule has 9 nitrogen and oxygen atoms in total. The molecule has 0 aliphatic carbocycles. The van der Waals surface area contributed by atoms with Gasteiger partial charge in [0.15, 0.2) is 0 Å². The number of nitriles is 1. The van der Waals surface area contributed by atoms with Gasteiger partial charge in [0.25, 0.3) is 0 Å². The maximum Gasteiger partial charge on any atom is 0.215 e. The summed E-state index contributed by atoms with van der Waals surface area (Å²) in [5.41, 5.74) is 1.34. The number of fused-ring (bicyclic) bond motifs is 2. The molecule has 10 heteroatoms. The second kappa shape index (κ2) is 11.9. The maximum absolute atomic E-state index is 12.3. The number of nitrogens with zero attached hydrogens (tertiary/aromatic N) is 3. The van der Waals surface area contributed by atoms with Crippen molar-refractivity contribution in [1.29, 1.82) is 5.26 Å². The van der Waals surface area contributed by atoms with Crippen molar-refractivity contribution in [3.63, 3.8) is 0 Å². The van der Waals surface area contributed by atoms with Gasteiger partial charge in [0.1, 0.15) is 18.5 Å². The first-order valence-corrected chi connectivity index (χ1v) is 13.5. The van der Waals surface area contributed by atoms with Gasteiger partial charge < -0.3 is 14.6 Å². The lowest BCUT2D eigenvalue weighted by molar-refractivity contribution is -0.142. The van der Waals surface area contributed by atoms with Gasteiger partial charge in [-0.25, -0.2) is 13.1 Å². The van der Waals surface area contributed by atoms with Crippen molar-refractivity contribution in [2.24, 2.45) is 0 Å². The summed E-state index contributed by atoms with van der Waals surface area (Å²) < 4.78 is 39.1. The molecule has 2 fully saturated rings. The summed E-state index contributed by atoms with van der Waals surface area (Å²) in [6.07, 6.45) is -0.593. The molecular weight excluding hydrogens is 468 g/mol. The van der Waals surface area contributed by atoms with E-state index >= 15 is 0 Å². The van der Waals surface area contributed by atoms with Crippen molar-refractivity contribution < 1.29 is 23.0 Å². The van der Waals surface area contributed by atoms with Crippen LogP contribution in [0.15, 0.2) is 54.6 Å². The highest BCUT2D eigenvalue weighted by molar-refractivity contribution is 7.88. The van der Waals surface area contributed by atoms with E-state index in [1.54, 1.807) is 24.3 Å². The van der Waals surface area contributed by atoms with Crippen molar-refractivity contribution >= 4 is 10.0 Å². The Morgan fingerprint density at radius 2 is 1.71 bits per heavy atom. The summed E-state index contributed by atoms with van der Waals surface area (Å²) in [6, 6.07) is 18.0. The average Bonchev–Trinajstić information content (AvgIpc) is 2.83. The molecule has 2 unspecified atom stereocenters. The number of ether oxygens (including phenoxy) is 2. The van der Waals surface area contributed by atoms with E-state index in [2.05, 4.69) is 20.6 Å². The van der Waals surface area contributed by atoms with Crippen LogP contribution in [0.4, 0.5) is 0 Å². The Morgan fingerprint density at radius 3 is 2.37 bits per heavy atom. The Kier molecular flexibility index (Phi) is 8.73. The van der Waals surface area contributed by atoms with E-state index in [9.17, 15) is 13.5 Å². The van der Waals surface area contributed by atoms with Crippen molar-refractivity contribution in [1.82, 2.24) is 14.5 Å². The van der Waals surface area contributed by atoms with Crippen LogP contribution in [0.2, 0.25) is 0 Å². The monoisotopic (exact) mass is 500 g/mol. The quantitative estimate of drug-likeness (QED) is 0.466. The normalized spacial score (nSPS) is 21.8. The number of β-amino-alcohol motifs (C(OH)–C–C–N with tert-alkyl or cyclic N) is 1. The van der Waals surface area contributed by atoms with Crippen molar-refractivity contribution in [2.75, 3.05) is 52.4 Å². The number of nitrogens with one attached hydrogen (secondary N) is 1. The number of aliphatic hydroxyl groups excluding tert-OH is 1. The number of aliphatic hydroxyl groups is 1. The molecule has 35 heavy (non-hydrogen) atoms. The van der Waals surface area contributed by atoms with Crippen LogP contribution in [-0.4, -0.2) is 94.1 Å². The van der Waals surface area contributed by atoms with Gasteiger partial charge in [-0.2, -0.15) is 5.26 Å². The fourth-order valence-electron chi connectivity index (χ4n) is 4.57. The third kappa shape index (κ3) is 8.00. The molecule has 0 radical (unpaired) electrons.